The fourth-order valence-corrected chi connectivity index (χ4v) is 3.70. The molecule has 0 aliphatic carbocycles. The van der Waals surface area contributed by atoms with Crippen molar-refractivity contribution in [3.63, 3.8) is 0 Å². The standard InChI is InChI=1S/C27H29N5O3/c1-18-14-19(6-11-26(18)35-21-8-10-25-24(16-21)30-17-32(25)4)31-27(29-3)22-15-20(34-13-12-33-5)7-9-23(22)28-2/h6-11,14-17H,2,12-13H2,1,3-5H3,(H,29,31). The van der Waals surface area contributed by atoms with Crippen LogP contribution in [0.15, 0.2) is 70.9 Å². The van der Waals surface area contributed by atoms with Gasteiger partial charge in [-0.15, -0.1) is 0 Å². The van der Waals surface area contributed by atoms with Crippen molar-refractivity contribution in [2.45, 2.75) is 6.92 Å². The smallest absolute Gasteiger partial charge is 0.134 e. The zero-order chi connectivity index (χ0) is 24.8. The Morgan fingerprint density at radius 2 is 1.89 bits per heavy atom. The topological polar surface area (TPSA) is 82.3 Å². The number of ether oxygens (including phenoxy) is 3. The number of nitrogens with zero attached hydrogens (tertiary/aromatic N) is 4. The molecule has 0 saturated heterocycles. The molecule has 180 valence electrons. The van der Waals surface area contributed by atoms with Crippen LogP contribution in [-0.2, 0) is 11.8 Å². The minimum Gasteiger partial charge on any atom is -0.491 e. The van der Waals surface area contributed by atoms with Crippen molar-refractivity contribution in [2.75, 3.05) is 32.7 Å². The van der Waals surface area contributed by atoms with Crippen molar-refractivity contribution in [1.29, 1.82) is 0 Å². The van der Waals surface area contributed by atoms with Crippen molar-refractivity contribution in [2.24, 2.45) is 17.0 Å². The van der Waals surface area contributed by atoms with Gasteiger partial charge in [0.15, 0.2) is 0 Å². The number of anilines is 1. The number of nitrogens with one attached hydrogen (secondary N) is 1. The normalized spacial score (nSPS) is 11.5. The SMILES string of the molecule is C=Nc1ccc(OCCOC)cc1/C(=N\C)Nc1ccc(Oc2ccc3c(c2)ncn3C)c(C)c1. The van der Waals surface area contributed by atoms with Crippen LogP contribution in [-0.4, -0.2) is 49.5 Å². The summed E-state index contributed by atoms with van der Waals surface area (Å²) in [6, 6.07) is 17.4. The van der Waals surface area contributed by atoms with Crippen LogP contribution in [0.2, 0.25) is 0 Å². The number of hydrogen-bond donors (Lipinski definition) is 1. The lowest BCUT2D eigenvalue weighted by atomic mass is 10.1. The third-order valence-corrected chi connectivity index (χ3v) is 5.54. The van der Waals surface area contributed by atoms with Gasteiger partial charge in [0.25, 0.3) is 0 Å². The molecule has 1 aromatic heterocycles. The van der Waals surface area contributed by atoms with E-state index in [9.17, 15) is 0 Å². The first-order valence-corrected chi connectivity index (χ1v) is 11.2. The maximum atomic E-state index is 6.14. The molecule has 0 spiro atoms. The first kappa shape index (κ1) is 24.0. The summed E-state index contributed by atoms with van der Waals surface area (Å²) in [4.78, 5) is 13.0. The van der Waals surface area contributed by atoms with Gasteiger partial charge in [-0.2, -0.15) is 0 Å². The second kappa shape index (κ2) is 10.8. The molecule has 8 heteroatoms. The predicted molar refractivity (Wildman–Crippen MR) is 141 cm³/mol. The number of imidazole rings is 1. The number of methoxy groups -OCH3 is 1. The minimum absolute atomic E-state index is 0.455. The van der Waals surface area contributed by atoms with Crippen LogP contribution in [0.1, 0.15) is 11.1 Å². The van der Waals surface area contributed by atoms with Gasteiger partial charge in [0.2, 0.25) is 0 Å². The number of benzene rings is 3. The molecule has 0 aliphatic rings. The molecular weight excluding hydrogens is 442 g/mol. The minimum atomic E-state index is 0.455. The van der Waals surface area contributed by atoms with Crippen molar-refractivity contribution in [1.82, 2.24) is 9.55 Å². The summed E-state index contributed by atoms with van der Waals surface area (Å²) >= 11 is 0. The molecule has 0 bridgehead atoms. The molecule has 4 aromatic rings. The fourth-order valence-electron chi connectivity index (χ4n) is 3.70. The van der Waals surface area contributed by atoms with Crippen molar-refractivity contribution in [3.05, 3.63) is 72.1 Å². The Morgan fingerprint density at radius 1 is 1.06 bits per heavy atom. The highest BCUT2D eigenvalue weighted by Crippen LogP contribution is 2.30. The van der Waals surface area contributed by atoms with E-state index in [0.29, 0.717) is 30.5 Å². The van der Waals surface area contributed by atoms with Gasteiger partial charge in [0, 0.05) is 38.5 Å². The van der Waals surface area contributed by atoms with Gasteiger partial charge < -0.3 is 24.1 Å². The lowest BCUT2D eigenvalue weighted by Gasteiger charge is -2.15. The summed E-state index contributed by atoms with van der Waals surface area (Å²) in [6.07, 6.45) is 1.79. The molecule has 1 N–H and O–H groups in total. The average Bonchev–Trinajstić information content (AvgIpc) is 3.24. The number of aliphatic imine (C=N–C) groups is 2. The molecule has 0 amide bonds. The van der Waals surface area contributed by atoms with Crippen molar-refractivity contribution < 1.29 is 14.2 Å². The van der Waals surface area contributed by atoms with E-state index < -0.39 is 0 Å². The van der Waals surface area contributed by atoms with Gasteiger partial charge in [0.1, 0.15) is 29.7 Å². The van der Waals surface area contributed by atoms with Crippen LogP contribution >= 0.6 is 0 Å². The monoisotopic (exact) mass is 471 g/mol. The third kappa shape index (κ3) is 5.50. The molecule has 0 radical (unpaired) electrons. The molecule has 35 heavy (non-hydrogen) atoms. The zero-order valence-corrected chi connectivity index (χ0v) is 20.4. The lowest BCUT2D eigenvalue weighted by molar-refractivity contribution is 0.146. The Morgan fingerprint density at radius 3 is 2.63 bits per heavy atom. The van der Waals surface area contributed by atoms with Crippen LogP contribution in [0.3, 0.4) is 0 Å². The molecular formula is C27H29N5O3. The molecule has 1 heterocycles. The Kier molecular flexibility index (Phi) is 7.42. The van der Waals surface area contributed by atoms with E-state index in [1.165, 1.54) is 0 Å². The number of hydrogen-bond acceptors (Lipinski definition) is 6. The molecule has 0 aliphatic heterocycles. The number of aromatic nitrogens is 2. The summed E-state index contributed by atoms with van der Waals surface area (Å²) in [6.45, 7) is 6.66. The van der Waals surface area contributed by atoms with E-state index >= 15 is 0 Å². The Balaban J connectivity index is 1.52. The first-order chi connectivity index (χ1) is 17.0. The van der Waals surface area contributed by atoms with E-state index in [4.69, 9.17) is 14.2 Å². The summed E-state index contributed by atoms with van der Waals surface area (Å²) in [5.74, 6) is 2.86. The van der Waals surface area contributed by atoms with E-state index in [1.807, 2.05) is 73.1 Å². The zero-order valence-electron chi connectivity index (χ0n) is 20.4. The maximum Gasteiger partial charge on any atom is 0.134 e. The van der Waals surface area contributed by atoms with Gasteiger partial charge in [-0.05, 0) is 67.7 Å². The molecule has 3 aromatic carbocycles. The summed E-state index contributed by atoms with van der Waals surface area (Å²) < 4.78 is 18.9. The quantitative estimate of drug-likeness (QED) is 0.197. The second-order valence-corrected chi connectivity index (χ2v) is 7.96. The summed E-state index contributed by atoms with van der Waals surface area (Å²) in [5, 5.41) is 3.39. The highest BCUT2D eigenvalue weighted by Gasteiger charge is 2.12. The molecule has 0 atom stereocenters. The summed E-state index contributed by atoms with van der Waals surface area (Å²) in [7, 11) is 5.34. The van der Waals surface area contributed by atoms with E-state index in [2.05, 4.69) is 27.0 Å². The van der Waals surface area contributed by atoms with Crippen LogP contribution in [0, 0.1) is 6.92 Å². The van der Waals surface area contributed by atoms with Crippen LogP contribution in [0.25, 0.3) is 11.0 Å². The molecule has 0 fully saturated rings. The Bertz CT molecular complexity index is 1380. The highest BCUT2D eigenvalue weighted by molar-refractivity contribution is 6.11. The molecule has 0 saturated carbocycles. The van der Waals surface area contributed by atoms with Crippen molar-refractivity contribution in [3.8, 4) is 17.2 Å². The van der Waals surface area contributed by atoms with E-state index in [1.54, 1.807) is 20.5 Å². The van der Waals surface area contributed by atoms with Crippen LogP contribution < -0.4 is 14.8 Å². The van der Waals surface area contributed by atoms with Gasteiger partial charge in [-0.1, -0.05) is 0 Å². The number of amidine groups is 1. The Hall–Kier alpha value is -4.17. The van der Waals surface area contributed by atoms with Gasteiger partial charge in [-0.3, -0.25) is 9.98 Å². The number of rotatable bonds is 9. The fraction of sp³-hybridized carbons (Fsp3) is 0.222. The maximum absolute atomic E-state index is 6.14. The molecule has 0 unspecified atom stereocenters. The lowest BCUT2D eigenvalue weighted by Crippen LogP contribution is -2.14. The Labute approximate surface area is 204 Å². The average molecular weight is 472 g/mol. The molecule has 8 nitrogen and oxygen atoms in total. The van der Waals surface area contributed by atoms with Crippen molar-refractivity contribution >= 4 is 35.0 Å². The largest absolute Gasteiger partial charge is 0.491 e. The number of aryl methyl sites for hydroxylation is 2. The second-order valence-electron chi connectivity index (χ2n) is 7.96. The third-order valence-electron chi connectivity index (χ3n) is 5.54. The van der Waals surface area contributed by atoms with E-state index in [0.717, 1.165) is 39.3 Å². The molecule has 4 rings (SSSR count). The van der Waals surface area contributed by atoms with Gasteiger partial charge in [-0.25, -0.2) is 4.98 Å². The first-order valence-electron chi connectivity index (χ1n) is 11.2. The summed E-state index contributed by atoms with van der Waals surface area (Å²) in [5.41, 5.74) is 5.30. The predicted octanol–water partition coefficient (Wildman–Crippen LogP) is 5.52. The van der Waals surface area contributed by atoms with Crippen LogP contribution in [0.5, 0.6) is 17.2 Å². The number of fused-ring (bicyclic) bond motifs is 1. The van der Waals surface area contributed by atoms with E-state index in [-0.39, 0.29) is 0 Å². The van der Waals surface area contributed by atoms with Gasteiger partial charge >= 0.3 is 0 Å². The van der Waals surface area contributed by atoms with Gasteiger partial charge in [0.05, 0.1) is 29.7 Å². The van der Waals surface area contributed by atoms with Crippen LogP contribution in [0.4, 0.5) is 11.4 Å². The highest BCUT2D eigenvalue weighted by atomic mass is 16.5.